The minimum Gasteiger partial charge on any atom is -0.338 e. The van der Waals surface area contributed by atoms with E-state index in [9.17, 15) is 21.6 Å². The third-order valence-electron chi connectivity index (χ3n) is 3.64. The minimum atomic E-state index is -4.22. The second-order valence-corrected chi connectivity index (χ2v) is 7.51. The van der Waals surface area contributed by atoms with Gasteiger partial charge in [-0.05, 0) is 19.4 Å². The van der Waals surface area contributed by atoms with Crippen molar-refractivity contribution in [2.75, 3.05) is 36.8 Å². The molecule has 1 saturated heterocycles. The highest BCUT2D eigenvalue weighted by molar-refractivity contribution is 7.89. The molecule has 0 aromatic carbocycles. The van der Waals surface area contributed by atoms with Crippen LogP contribution in [0, 0.1) is 0 Å². The van der Waals surface area contributed by atoms with E-state index in [0.717, 1.165) is 0 Å². The van der Waals surface area contributed by atoms with E-state index in [1.807, 2.05) is 0 Å². The number of aromatic nitrogens is 2. The molecule has 23 heavy (non-hydrogen) atoms. The Morgan fingerprint density at radius 2 is 1.87 bits per heavy atom. The summed E-state index contributed by atoms with van der Waals surface area (Å²) in [6, 6.07) is 1.47. The highest BCUT2D eigenvalue weighted by Gasteiger charge is 2.28. The van der Waals surface area contributed by atoms with E-state index < -0.39 is 22.6 Å². The molecule has 1 aliphatic rings. The number of halogens is 3. The van der Waals surface area contributed by atoms with Crippen molar-refractivity contribution in [3.05, 3.63) is 18.0 Å². The number of nitrogens with zero attached hydrogens (tertiary/aromatic N) is 4. The number of rotatable bonds is 5. The van der Waals surface area contributed by atoms with E-state index in [1.165, 1.54) is 16.6 Å². The summed E-state index contributed by atoms with van der Waals surface area (Å²) in [5, 5.41) is 0. The Morgan fingerprint density at radius 3 is 2.43 bits per heavy atom. The van der Waals surface area contributed by atoms with Crippen molar-refractivity contribution in [3.63, 3.8) is 0 Å². The van der Waals surface area contributed by atoms with E-state index in [1.54, 1.807) is 11.8 Å². The summed E-state index contributed by atoms with van der Waals surface area (Å²) >= 11 is 0. The van der Waals surface area contributed by atoms with Gasteiger partial charge in [-0.1, -0.05) is 0 Å². The summed E-state index contributed by atoms with van der Waals surface area (Å²) in [4.78, 5) is 10.0. The molecule has 1 aromatic heterocycles. The molecule has 2 rings (SSSR count). The molecule has 0 saturated carbocycles. The van der Waals surface area contributed by atoms with Gasteiger partial charge in [-0.3, -0.25) is 0 Å². The molecule has 0 spiro atoms. The van der Waals surface area contributed by atoms with Crippen LogP contribution in [0.4, 0.5) is 19.1 Å². The van der Waals surface area contributed by atoms with Crippen molar-refractivity contribution in [1.29, 1.82) is 0 Å². The Balaban J connectivity index is 1.98. The molecule has 0 amide bonds. The van der Waals surface area contributed by atoms with Crippen LogP contribution in [0.1, 0.15) is 19.0 Å². The van der Waals surface area contributed by atoms with Gasteiger partial charge >= 0.3 is 6.18 Å². The number of hydrogen-bond donors (Lipinski definition) is 0. The second-order valence-electron chi connectivity index (χ2n) is 5.25. The van der Waals surface area contributed by atoms with E-state index in [2.05, 4.69) is 9.97 Å². The maximum absolute atomic E-state index is 12.3. The Labute approximate surface area is 133 Å². The number of alkyl halides is 3. The molecule has 1 aromatic rings. The number of hydrogen-bond acceptors (Lipinski definition) is 5. The molecule has 0 unspecified atom stereocenters. The van der Waals surface area contributed by atoms with Gasteiger partial charge in [0.25, 0.3) is 0 Å². The third kappa shape index (κ3) is 5.03. The maximum atomic E-state index is 12.3. The molecule has 0 bridgehead atoms. The Morgan fingerprint density at radius 1 is 1.22 bits per heavy atom. The van der Waals surface area contributed by atoms with E-state index in [0.29, 0.717) is 37.8 Å². The van der Waals surface area contributed by atoms with Crippen LogP contribution >= 0.6 is 0 Å². The number of piperazine rings is 1. The predicted octanol–water partition coefficient (Wildman–Crippen LogP) is 1.44. The van der Waals surface area contributed by atoms with Gasteiger partial charge in [0.05, 0.1) is 5.75 Å². The lowest BCUT2D eigenvalue weighted by Crippen LogP contribution is -2.49. The monoisotopic (exact) mass is 352 g/mol. The van der Waals surface area contributed by atoms with Crippen LogP contribution in [-0.2, 0) is 16.4 Å². The molecule has 0 N–H and O–H groups in total. The molecule has 1 fully saturated rings. The van der Waals surface area contributed by atoms with Crippen LogP contribution < -0.4 is 4.90 Å². The van der Waals surface area contributed by atoms with Gasteiger partial charge in [-0.15, -0.1) is 0 Å². The molecule has 130 valence electrons. The van der Waals surface area contributed by atoms with Crippen LogP contribution in [0.15, 0.2) is 12.3 Å². The van der Waals surface area contributed by atoms with Crippen LogP contribution in [0.5, 0.6) is 0 Å². The summed E-state index contributed by atoms with van der Waals surface area (Å²) in [6.45, 7) is 3.08. The average Bonchev–Trinajstić information content (AvgIpc) is 2.53. The van der Waals surface area contributed by atoms with Crippen molar-refractivity contribution in [3.8, 4) is 0 Å². The van der Waals surface area contributed by atoms with Gasteiger partial charge in [-0.25, -0.2) is 18.4 Å². The largest absolute Gasteiger partial charge is 0.389 e. The van der Waals surface area contributed by atoms with Gasteiger partial charge in [0, 0.05) is 44.5 Å². The van der Waals surface area contributed by atoms with Crippen LogP contribution in [0.2, 0.25) is 0 Å². The van der Waals surface area contributed by atoms with E-state index >= 15 is 0 Å². The van der Waals surface area contributed by atoms with Crippen LogP contribution in [0.25, 0.3) is 0 Å². The fourth-order valence-corrected chi connectivity index (χ4v) is 3.38. The smallest absolute Gasteiger partial charge is 0.338 e. The predicted molar refractivity (Wildman–Crippen MR) is 79.7 cm³/mol. The molecule has 6 nitrogen and oxygen atoms in total. The molecular weight excluding hydrogens is 333 g/mol. The maximum Gasteiger partial charge on any atom is 0.389 e. The molecule has 2 heterocycles. The third-order valence-corrected chi connectivity index (χ3v) is 5.53. The number of anilines is 1. The van der Waals surface area contributed by atoms with Gasteiger partial charge in [0.15, 0.2) is 0 Å². The first-order valence-corrected chi connectivity index (χ1v) is 8.93. The van der Waals surface area contributed by atoms with Gasteiger partial charge in [0.1, 0.15) is 0 Å². The van der Waals surface area contributed by atoms with Crippen LogP contribution in [-0.4, -0.2) is 60.8 Å². The zero-order valence-corrected chi connectivity index (χ0v) is 13.6. The first-order valence-electron chi connectivity index (χ1n) is 7.33. The van der Waals surface area contributed by atoms with Crippen molar-refractivity contribution in [1.82, 2.24) is 14.3 Å². The molecule has 0 aliphatic carbocycles. The lowest BCUT2D eigenvalue weighted by Gasteiger charge is -2.33. The molecule has 1 aliphatic heterocycles. The van der Waals surface area contributed by atoms with E-state index in [4.69, 9.17) is 0 Å². The summed E-state index contributed by atoms with van der Waals surface area (Å²) in [6.07, 6.45) is -3.90. The second kappa shape index (κ2) is 7.00. The van der Waals surface area contributed by atoms with Gasteiger partial charge < -0.3 is 4.90 Å². The first kappa shape index (κ1) is 17.9. The molecule has 0 radical (unpaired) electrons. The zero-order valence-electron chi connectivity index (χ0n) is 12.8. The number of sulfonamides is 1. The van der Waals surface area contributed by atoms with Gasteiger partial charge in [0.2, 0.25) is 16.0 Å². The van der Waals surface area contributed by atoms with Crippen molar-refractivity contribution in [2.24, 2.45) is 0 Å². The summed E-state index contributed by atoms with van der Waals surface area (Å²) in [5.41, 5.74) is 0.330. The number of aryl methyl sites for hydroxylation is 1. The lowest BCUT2D eigenvalue weighted by molar-refractivity contribution is -0.134. The van der Waals surface area contributed by atoms with Crippen molar-refractivity contribution in [2.45, 2.75) is 25.9 Å². The molecule has 10 heteroatoms. The minimum absolute atomic E-state index is 0.0520. The normalized spacial score (nSPS) is 17.5. The quantitative estimate of drug-likeness (QED) is 0.802. The topological polar surface area (TPSA) is 66.4 Å². The zero-order chi connectivity index (χ0) is 17.1. The fraction of sp³-hybridized carbons (Fsp3) is 0.692. The Bertz CT molecular complexity index is 628. The highest BCUT2D eigenvalue weighted by atomic mass is 32.2. The Hall–Kier alpha value is -1.42. The van der Waals surface area contributed by atoms with Crippen molar-refractivity contribution >= 4 is 16.0 Å². The van der Waals surface area contributed by atoms with E-state index in [-0.39, 0.29) is 12.2 Å². The molecular formula is C13H19F3N4O2S. The summed E-state index contributed by atoms with van der Waals surface area (Å²) < 4.78 is 61.8. The molecule has 0 atom stereocenters. The average molecular weight is 352 g/mol. The summed E-state index contributed by atoms with van der Waals surface area (Å²) in [5.74, 6) is 0.398. The van der Waals surface area contributed by atoms with Crippen LogP contribution in [0.3, 0.4) is 0 Å². The summed E-state index contributed by atoms with van der Waals surface area (Å²) in [7, 11) is -3.22. The highest BCUT2D eigenvalue weighted by Crippen LogP contribution is 2.22. The Kier molecular flexibility index (Phi) is 5.45. The SMILES string of the molecule is CCS(=O)(=O)N1CCN(c2nccc(CCC(F)(F)F)n2)CC1. The first-order chi connectivity index (χ1) is 10.7. The van der Waals surface area contributed by atoms with Crippen molar-refractivity contribution < 1.29 is 21.6 Å². The standard InChI is InChI=1S/C13H19F3N4O2S/c1-2-23(21,22)20-9-7-19(8-10-20)12-17-6-4-11(18-12)3-5-13(14,15)16/h4,6H,2-3,5,7-10H2,1H3. The lowest BCUT2D eigenvalue weighted by atomic mass is 10.2. The fourth-order valence-electron chi connectivity index (χ4n) is 2.29. The van der Waals surface area contributed by atoms with Gasteiger partial charge in [-0.2, -0.15) is 17.5 Å².